The van der Waals surface area contributed by atoms with Crippen LogP contribution >= 0.6 is 0 Å². The second kappa shape index (κ2) is 13.7. The Kier molecular flexibility index (Phi) is 13.0. The van der Waals surface area contributed by atoms with Crippen LogP contribution in [-0.2, 0) is 29.9 Å². The number of halogens is 18. The largest absolute Gasteiger partial charge is 0.462 e. The molecule has 0 rings (SSSR count). The molecule has 25 heteroatoms. The SMILES string of the molecule is CC(N(C)C)S(=O)C(=CC(=O)OCCC(F)(F)C(F)(F)C(F)(F)C(F)(F)F)C(=O)OCCC(F)(F)C(F)(F)C(F)(F)C(F)(F)F. The van der Waals surface area contributed by atoms with Gasteiger partial charge in [0.2, 0.25) is 0 Å². The molecule has 0 aromatic carbocycles. The average molecular weight is 727 g/mol. The number of ether oxygens (including phenoxy) is 2. The molecule has 0 spiro atoms. The summed E-state index contributed by atoms with van der Waals surface area (Å²) in [7, 11) is -0.604. The van der Waals surface area contributed by atoms with Crippen LogP contribution in [0.4, 0.5) is 79.0 Å². The number of nitrogens with zero attached hydrogens (tertiary/aromatic N) is 1. The van der Waals surface area contributed by atoms with Gasteiger partial charge in [-0.2, -0.15) is 79.0 Å². The Labute approximate surface area is 242 Å². The molecule has 0 aliphatic carbocycles. The van der Waals surface area contributed by atoms with Gasteiger partial charge < -0.3 is 9.47 Å². The zero-order valence-electron chi connectivity index (χ0n) is 22.2. The maximum atomic E-state index is 13.6. The number of carbonyl (C=O) groups excluding carboxylic acids is 2. The van der Waals surface area contributed by atoms with Crippen molar-refractivity contribution >= 4 is 22.7 Å². The molecule has 0 N–H and O–H groups in total. The molecule has 6 nitrogen and oxygen atoms in total. The van der Waals surface area contributed by atoms with Crippen LogP contribution < -0.4 is 0 Å². The van der Waals surface area contributed by atoms with Gasteiger partial charge in [-0.3, -0.25) is 9.11 Å². The first-order valence-corrected chi connectivity index (χ1v) is 12.4. The van der Waals surface area contributed by atoms with E-state index >= 15 is 0 Å². The van der Waals surface area contributed by atoms with Crippen LogP contribution in [0.1, 0.15) is 19.8 Å². The van der Waals surface area contributed by atoms with Crippen molar-refractivity contribution in [2.75, 3.05) is 27.3 Å². The van der Waals surface area contributed by atoms with Crippen LogP contribution in [0.15, 0.2) is 11.0 Å². The lowest BCUT2D eigenvalue weighted by atomic mass is 10.0. The predicted molar refractivity (Wildman–Crippen MR) is 112 cm³/mol. The van der Waals surface area contributed by atoms with Crippen LogP contribution in [0.25, 0.3) is 0 Å². The third-order valence-electron chi connectivity index (χ3n) is 5.43. The molecule has 0 aliphatic heterocycles. The molecular weight excluding hydrogens is 708 g/mol. The molecule has 45 heavy (non-hydrogen) atoms. The molecule has 2 atom stereocenters. The quantitative estimate of drug-likeness (QED) is 0.112. The van der Waals surface area contributed by atoms with Crippen LogP contribution in [0.2, 0.25) is 0 Å². The maximum Gasteiger partial charge on any atom is 0.460 e. The fourth-order valence-corrected chi connectivity index (χ4v) is 3.66. The molecule has 2 unspecified atom stereocenters. The van der Waals surface area contributed by atoms with E-state index < -0.39 is 107 Å². The van der Waals surface area contributed by atoms with Crippen molar-refractivity contribution in [3.8, 4) is 0 Å². The van der Waals surface area contributed by atoms with Crippen molar-refractivity contribution in [2.45, 2.75) is 73.0 Å². The Morgan fingerprint density at radius 2 is 0.978 bits per heavy atom. The summed E-state index contributed by atoms with van der Waals surface area (Å²) >= 11 is 0. The Hall–Kier alpha value is -2.47. The maximum absolute atomic E-state index is 13.6. The molecule has 0 saturated carbocycles. The van der Waals surface area contributed by atoms with Gasteiger partial charge in [-0.05, 0) is 21.0 Å². The number of rotatable bonds is 15. The summed E-state index contributed by atoms with van der Waals surface area (Å²) < 4.78 is 253. The summed E-state index contributed by atoms with van der Waals surface area (Å²) in [4.78, 5) is 23.6. The zero-order valence-corrected chi connectivity index (χ0v) is 23.0. The van der Waals surface area contributed by atoms with Gasteiger partial charge in [-0.25, -0.2) is 9.59 Å². The van der Waals surface area contributed by atoms with E-state index in [0.29, 0.717) is 0 Å². The number of carbonyl (C=O) groups is 2. The summed E-state index contributed by atoms with van der Waals surface area (Å²) in [6.07, 6.45) is -20.1. The lowest BCUT2D eigenvalue weighted by Crippen LogP contribution is -2.61. The molecule has 0 amide bonds. The number of hydrogen-bond donors (Lipinski definition) is 0. The average Bonchev–Trinajstić information content (AvgIpc) is 2.84. The van der Waals surface area contributed by atoms with Crippen LogP contribution in [0.5, 0.6) is 0 Å². The Bertz CT molecular complexity index is 1120. The monoisotopic (exact) mass is 727 g/mol. The highest BCUT2D eigenvalue weighted by molar-refractivity contribution is 7.90. The Morgan fingerprint density at radius 1 is 0.644 bits per heavy atom. The minimum absolute atomic E-state index is 0.288. The smallest absolute Gasteiger partial charge is 0.460 e. The highest BCUT2D eigenvalue weighted by Crippen LogP contribution is 2.55. The number of hydrogen-bond acceptors (Lipinski definition) is 6. The van der Waals surface area contributed by atoms with Crippen molar-refractivity contribution in [3.63, 3.8) is 0 Å². The van der Waals surface area contributed by atoms with E-state index in [1.54, 1.807) is 0 Å². The second-order valence-electron chi connectivity index (χ2n) is 8.87. The van der Waals surface area contributed by atoms with Gasteiger partial charge in [-0.1, -0.05) is 0 Å². The first-order valence-electron chi connectivity index (χ1n) is 11.2. The topological polar surface area (TPSA) is 72.9 Å². The van der Waals surface area contributed by atoms with E-state index in [1.807, 2.05) is 0 Å². The Morgan fingerprint density at radius 3 is 1.29 bits per heavy atom. The third-order valence-corrected chi connectivity index (χ3v) is 7.19. The fraction of sp³-hybridized carbons (Fsp3) is 0.800. The molecule has 0 aromatic heterocycles. The molecule has 0 fully saturated rings. The van der Waals surface area contributed by atoms with Gasteiger partial charge >= 0.3 is 59.8 Å². The summed E-state index contributed by atoms with van der Waals surface area (Å²) in [5, 5.41) is -1.40. The lowest BCUT2D eigenvalue weighted by Gasteiger charge is -2.33. The molecule has 0 saturated heterocycles. The van der Waals surface area contributed by atoms with Crippen LogP contribution in [0.3, 0.4) is 0 Å². The summed E-state index contributed by atoms with van der Waals surface area (Å²) in [5.74, 6) is -45.6. The van der Waals surface area contributed by atoms with Gasteiger partial charge in [0.05, 0.1) is 42.2 Å². The van der Waals surface area contributed by atoms with Crippen molar-refractivity contribution < 1.29 is 102 Å². The first-order chi connectivity index (χ1) is 19.6. The lowest BCUT2D eigenvalue weighted by molar-refractivity contribution is -0.397. The van der Waals surface area contributed by atoms with Gasteiger partial charge in [0.1, 0.15) is 4.91 Å². The summed E-state index contributed by atoms with van der Waals surface area (Å²) in [6.45, 7) is -3.21. The molecule has 0 bridgehead atoms. The standard InChI is InChI=1S/C20H19F18NO5S/c1-9(39(2)3)45(42)10(12(41)44-7-5-14(23,24)16(27,28)18(31,32)20(36,37)38)8-11(40)43-6-4-13(21,22)15(25,26)17(29,30)19(33,34)35/h8-9H,4-7H2,1-3H3. The minimum Gasteiger partial charge on any atom is -0.462 e. The van der Waals surface area contributed by atoms with E-state index in [4.69, 9.17) is 0 Å². The highest BCUT2D eigenvalue weighted by Gasteiger charge is 2.82. The Balaban J connectivity index is 5.93. The van der Waals surface area contributed by atoms with E-state index in [9.17, 15) is 92.8 Å². The van der Waals surface area contributed by atoms with Crippen LogP contribution in [-0.4, -0.2) is 102 Å². The third kappa shape index (κ3) is 8.87. The van der Waals surface area contributed by atoms with Gasteiger partial charge in [0.25, 0.3) is 0 Å². The fourth-order valence-electron chi connectivity index (χ4n) is 2.48. The van der Waals surface area contributed by atoms with E-state index in [2.05, 4.69) is 9.47 Å². The van der Waals surface area contributed by atoms with Gasteiger partial charge in [0, 0.05) is 6.08 Å². The van der Waals surface area contributed by atoms with E-state index in [0.717, 1.165) is 25.9 Å². The van der Waals surface area contributed by atoms with Crippen molar-refractivity contribution in [1.82, 2.24) is 4.90 Å². The van der Waals surface area contributed by atoms with Crippen molar-refractivity contribution in [1.29, 1.82) is 0 Å². The van der Waals surface area contributed by atoms with Gasteiger partial charge in [0.15, 0.2) is 0 Å². The summed E-state index contributed by atoms with van der Waals surface area (Å²) in [5.41, 5.74) is 0. The summed E-state index contributed by atoms with van der Waals surface area (Å²) in [6, 6.07) is 0. The molecule has 266 valence electrons. The van der Waals surface area contributed by atoms with E-state index in [1.165, 1.54) is 0 Å². The van der Waals surface area contributed by atoms with Crippen molar-refractivity contribution in [2.24, 2.45) is 0 Å². The highest BCUT2D eigenvalue weighted by atomic mass is 32.2. The molecular formula is C20H19F18NO5S. The number of alkyl halides is 18. The van der Waals surface area contributed by atoms with E-state index in [-0.39, 0.29) is 6.08 Å². The first kappa shape index (κ1) is 42.5. The van der Waals surface area contributed by atoms with Gasteiger partial charge in [-0.15, -0.1) is 0 Å². The zero-order chi connectivity index (χ0) is 36.4. The normalized spacial score (nSPS) is 16.4. The molecule has 0 aromatic rings. The molecule has 0 aliphatic rings. The minimum atomic E-state index is -7.30. The molecule has 0 heterocycles. The second-order valence-corrected chi connectivity index (χ2v) is 10.6. The van der Waals surface area contributed by atoms with Crippen LogP contribution in [0, 0.1) is 0 Å². The predicted octanol–water partition coefficient (Wildman–Crippen LogP) is 6.33. The molecule has 0 radical (unpaired) electrons. The van der Waals surface area contributed by atoms with Crippen molar-refractivity contribution in [3.05, 3.63) is 11.0 Å². The number of esters is 2.